The molecule has 2 rings (SSSR count). The standard InChI is InChI=1S/C15H18F3N/c1-19(2)14-8-6-11(7-9-14)12-4-3-5-13(10-12)15(16,17)18/h3-6,10,14H,7-9H2,1-2H3/t14-/m0/s1. The molecule has 0 spiro atoms. The number of benzene rings is 1. The van der Waals surface area contributed by atoms with E-state index in [4.69, 9.17) is 0 Å². The van der Waals surface area contributed by atoms with E-state index in [1.807, 2.05) is 14.1 Å². The van der Waals surface area contributed by atoms with E-state index in [-0.39, 0.29) is 0 Å². The van der Waals surface area contributed by atoms with Gasteiger partial charge in [0.15, 0.2) is 0 Å². The number of nitrogens with zero attached hydrogens (tertiary/aromatic N) is 1. The van der Waals surface area contributed by atoms with Crippen molar-refractivity contribution in [1.82, 2.24) is 4.90 Å². The Kier molecular flexibility index (Phi) is 3.99. The van der Waals surface area contributed by atoms with Crippen LogP contribution in [0.25, 0.3) is 5.57 Å². The molecule has 0 aromatic heterocycles. The third kappa shape index (κ3) is 3.38. The highest BCUT2D eigenvalue weighted by molar-refractivity contribution is 5.67. The van der Waals surface area contributed by atoms with Crippen LogP contribution >= 0.6 is 0 Å². The minimum Gasteiger partial charge on any atom is -0.306 e. The lowest BCUT2D eigenvalue weighted by Gasteiger charge is -2.27. The molecule has 0 N–H and O–H groups in total. The highest BCUT2D eigenvalue weighted by atomic mass is 19.4. The van der Waals surface area contributed by atoms with Crippen LogP contribution in [0.5, 0.6) is 0 Å². The molecule has 0 heterocycles. The van der Waals surface area contributed by atoms with Gasteiger partial charge in [0.05, 0.1) is 5.56 Å². The van der Waals surface area contributed by atoms with Crippen LogP contribution in [0.1, 0.15) is 30.4 Å². The van der Waals surface area contributed by atoms with Gasteiger partial charge >= 0.3 is 6.18 Å². The van der Waals surface area contributed by atoms with Crippen LogP contribution in [0.2, 0.25) is 0 Å². The minimum absolute atomic E-state index is 0.495. The van der Waals surface area contributed by atoms with Gasteiger partial charge in [0, 0.05) is 6.04 Å². The van der Waals surface area contributed by atoms with Crippen LogP contribution in [-0.4, -0.2) is 25.0 Å². The zero-order valence-corrected chi connectivity index (χ0v) is 11.2. The predicted octanol–water partition coefficient (Wildman–Crippen LogP) is 4.20. The summed E-state index contributed by atoms with van der Waals surface area (Å²) in [4.78, 5) is 2.17. The van der Waals surface area contributed by atoms with Gasteiger partial charge in [-0.05, 0) is 56.6 Å². The molecule has 19 heavy (non-hydrogen) atoms. The first kappa shape index (κ1) is 14.1. The maximum atomic E-state index is 12.7. The quantitative estimate of drug-likeness (QED) is 0.777. The van der Waals surface area contributed by atoms with E-state index >= 15 is 0 Å². The average Bonchev–Trinajstić information content (AvgIpc) is 2.38. The fourth-order valence-corrected chi connectivity index (χ4v) is 2.45. The van der Waals surface area contributed by atoms with E-state index in [1.165, 1.54) is 12.1 Å². The van der Waals surface area contributed by atoms with Crippen LogP contribution in [0.15, 0.2) is 30.3 Å². The van der Waals surface area contributed by atoms with Gasteiger partial charge in [0.2, 0.25) is 0 Å². The number of rotatable bonds is 2. The van der Waals surface area contributed by atoms with Gasteiger partial charge < -0.3 is 4.90 Å². The first-order chi connectivity index (χ1) is 8.88. The predicted molar refractivity (Wildman–Crippen MR) is 70.7 cm³/mol. The summed E-state index contributed by atoms with van der Waals surface area (Å²) < 4.78 is 38.0. The first-order valence-electron chi connectivity index (χ1n) is 6.41. The van der Waals surface area contributed by atoms with E-state index in [0.29, 0.717) is 11.6 Å². The van der Waals surface area contributed by atoms with Crippen molar-refractivity contribution >= 4 is 5.57 Å². The third-order valence-electron chi connectivity index (χ3n) is 3.67. The van der Waals surface area contributed by atoms with Crippen molar-refractivity contribution < 1.29 is 13.2 Å². The lowest BCUT2D eigenvalue weighted by Crippen LogP contribution is -2.28. The Hall–Kier alpha value is -1.29. The Morgan fingerprint density at radius 3 is 2.47 bits per heavy atom. The Balaban J connectivity index is 2.20. The van der Waals surface area contributed by atoms with Crippen LogP contribution in [0.3, 0.4) is 0 Å². The maximum absolute atomic E-state index is 12.7. The molecule has 4 heteroatoms. The minimum atomic E-state index is -4.27. The number of allylic oxidation sites excluding steroid dienone is 1. The maximum Gasteiger partial charge on any atom is 0.416 e. The molecule has 0 saturated heterocycles. The Bertz CT molecular complexity index is 475. The van der Waals surface area contributed by atoms with Crippen molar-refractivity contribution in [1.29, 1.82) is 0 Å². The molecule has 1 nitrogen and oxygen atoms in total. The van der Waals surface area contributed by atoms with Gasteiger partial charge in [-0.15, -0.1) is 0 Å². The second kappa shape index (κ2) is 5.37. The monoisotopic (exact) mass is 269 g/mol. The zero-order chi connectivity index (χ0) is 14.0. The SMILES string of the molecule is CN(C)[C@H]1CC=C(c2cccc(C(F)(F)F)c2)CC1. The number of alkyl halides is 3. The number of halogens is 3. The molecule has 1 aromatic carbocycles. The lowest BCUT2D eigenvalue weighted by molar-refractivity contribution is -0.137. The average molecular weight is 269 g/mol. The summed E-state index contributed by atoms with van der Waals surface area (Å²) in [6.45, 7) is 0. The second-order valence-electron chi connectivity index (χ2n) is 5.20. The van der Waals surface area contributed by atoms with Crippen LogP contribution < -0.4 is 0 Å². The van der Waals surface area contributed by atoms with Crippen LogP contribution in [0.4, 0.5) is 13.2 Å². The molecule has 1 aromatic rings. The fraction of sp³-hybridized carbons (Fsp3) is 0.467. The largest absolute Gasteiger partial charge is 0.416 e. The highest BCUT2D eigenvalue weighted by Crippen LogP contribution is 2.33. The fourth-order valence-electron chi connectivity index (χ4n) is 2.45. The van der Waals surface area contributed by atoms with Gasteiger partial charge in [-0.25, -0.2) is 0 Å². The molecule has 0 bridgehead atoms. The highest BCUT2D eigenvalue weighted by Gasteiger charge is 2.30. The summed E-state index contributed by atoms with van der Waals surface area (Å²) in [5, 5.41) is 0. The molecule has 104 valence electrons. The van der Waals surface area contributed by atoms with E-state index in [1.54, 1.807) is 6.07 Å². The van der Waals surface area contributed by atoms with Crippen molar-refractivity contribution in [3.63, 3.8) is 0 Å². The summed E-state index contributed by atoms with van der Waals surface area (Å²) in [5.74, 6) is 0. The van der Waals surface area contributed by atoms with E-state index in [9.17, 15) is 13.2 Å². The summed E-state index contributed by atoms with van der Waals surface area (Å²) in [6.07, 6.45) is 0.541. The zero-order valence-electron chi connectivity index (χ0n) is 11.2. The second-order valence-corrected chi connectivity index (χ2v) is 5.20. The molecule has 1 aliphatic carbocycles. The summed E-state index contributed by atoms with van der Waals surface area (Å²) >= 11 is 0. The molecule has 0 fully saturated rings. The van der Waals surface area contributed by atoms with E-state index in [0.717, 1.165) is 30.9 Å². The van der Waals surface area contributed by atoms with E-state index < -0.39 is 11.7 Å². The van der Waals surface area contributed by atoms with Gasteiger partial charge in [-0.3, -0.25) is 0 Å². The molecule has 0 amide bonds. The molecule has 0 radical (unpaired) electrons. The number of hydrogen-bond donors (Lipinski definition) is 0. The van der Waals surface area contributed by atoms with Gasteiger partial charge in [0.25, 0.3) is 0 Å². The lowest BCUT2D eigenvalue weighted by atomic mass is 9.89. The molecule has 0 saturated carbocycles. The third-order valence-corrected chi connectivity index (χ3v) is 3.67. The normalized spacial score (nSPS) is 20.5. The van der Waals surface area contributed by atoms with Gasteiger partial charge in [-0.1, -0.05) is 18.2 Å². The van der Waals surface area contributed by atoms with Crippen LogP contribution in [0, 0.1) is 0 Å². The topological polar surface area (TPSA) is 3.24 Å². The van der Waals surface area contributed by atoms with Crippen molar-refractivity contribution in [3.05, 3.63) is 41.5 Å². The number of hydrogen-bond acceptors (Lipinski definition) is 1. The first-order valence-corrected chi connectivity index (χ1v) is 6.41. The molecule has 0 aliphatic heterocycles. The summed E-state index contributed by atoms with van der Waals surface area (Å²) in [5.41, 5.74) is 1.16. The van der Waals surface area contributed by atoms with Crippen molar-refractivity contribution in [2.45, 2.75) is 31.5 Å². The molecule has 1 aliphatic rings. The Morgan fingerprint density at radius 1 is 1.21 bits per heavy atom. The molecular weight excluding hydrogens is 251 g/mol. The smallest absolute Gasteiger partial charge is 0.306 e. The Morgan fingerprint density at radius 2 is 1.95 bits per heavy atom. The summed E-state index contributed by atoms with van der Waals surface area (Å²) in [6, 6.07) is 6.11. The van der Waals surface area contributed by atoms with Gasteiger partial charge in [-0.2, -0.15) is 13.2 Å². The van der Waals surface area contributed by atoms with Gasteiger partial charge in [0.1, 0.15) is 0 Å². The Labute approximate surface area is 111 Å². The van der Waals surface area contributed by atoms with Crippen molar-refractivity contribution in [2.75, 3.05) is 14.1 Å². The van der Waals surface area contributed by atoms with Crippen LogP contribution in [-0.2, 0) is 6.18 Å². The molecule has 0 unspecified atom stereocenters. The molecule has 1 atom stereocenters. The van der Waals surface area contributed by atoms with Crippen molar-refractivity contribution in [3.8, 4) is 0 Å². The summed E-state index contributed by atoms with van der Waals surface area (Å²) in [7, 11) is 4.07. The van der Waals surface area contributed by atoms with Crippen molar-refractivity contribution in [2.24, 2.45) is 0 Å². The van der Waals surface area contributed by atoms with E-state index in [2.05, 4.69) is 11.0 Å². The molecular formula is C15H18F3N.